The van der Waals surface area contributed by atoms with E-state index in [1.807, 2.05) is 24.5 Å². The topological polar surface area (TPSA) is 42.1 Å². The highest BCUT2D eigenvalue weighted by Gasteiger charge is 2.17. The standard InChI is InChI=1S/C17H23N3/c1-20(12-13-5-3-2-4-6-13)17-8-7-16(18)14-9-10-19-11-15(14)17/h7-11,13H,2-6,12,18H2,1H3. The summed E-state index contributed by atoms with van der Waals surface area (Å²) < 4.78 is 0. The first kappa shape index (κ1) is 13.2. The average Bonchev–Trinajstić information content (AvgIpc) is 2.49. The lowest BCUT2D eigenvalue weighted by atomic mass is 9.89. The third kappa shape index (κ3) is 2.58. The van der Waals surface area contributed by atoms with Crippen LogP contribution in [-0.4, -0.2) is 18.6 Å². The van der Waals surface area contributed by atoms with Gasteiger partial charge >= 0.3 is 0 Å². The van der Waals surface area contributed by atoms with Crippen LogP contribution >= 0.6 is 0 Å². The van der Waals surface area contributed by atoms with Crippen molar-refractivity contribution in [3.8, 4) is 0 Å². The van der Waals surface area contributed by atoms with Gasteiger partial charge in [0.1, 0.15) is 0 Å². The second-order valence-corrected chi connectivity index (χ2v) is 5.98. The van der Waals surface area contributed by atoms with Gasteiger partial charge in [-0.25, -0.2) is 0 Å². The number of fused-ring (bicyclic) bond motifs is 1. The van der Waals surface area contributed by atoms with E-state index in [1.54, 1.807) is 0 Å². The van der Waals surface area contributed by atoms with Gasteiger partial charge in [-0.05, 0) is 37.0 Å². The van der Waals surface area contributed by atoms with Crippen LogP contribution in [0.2, 0.25) is 0 Å². The van der Waals surface area contributed by atoms with Crippen molar-refractivity contribution in [3.63, 3.8) is 0 Å². The summed E-state index contributed by atoms with van der Waals surface area (Å²) in [6, 6.07) is 6.14. The van der Waals surface area contributed by atoms with E-state index in [1.165, 1.54) is 37.8 Å². The van der Waals surface area contributed by atoms with E-state index < -0.39 is 0 Å². The lowest BCUT2D eigenvalue weighted by molar-refractivity contribution is 0.362. The minimum absolute atomic E-state index is 0.831. The fraction of sp³-hybridized carbons (Fsp3) is 0.471. The minimum Gasteiger partial charge on any atom is -0.398 e. The van der Waals surface area contributed by atoms with Crippen molar-refractivity contribution in [2.45, 2.75) is 32.1 Å². The Morgan fingerprint density at radius 1 is 1.15 bits per heavy atom. The molecule has 1 aromatic carbocycles. The predicted octanol–water partition coefficient (Wildman–Crippen LogP) is 3.83. The molecule has 0 unspecified atom stereocenters. The Morgan fingerprint density at radius 3 is 2.75 bits per heavy atom. The Hall–Kier alpha value is -1.77. The molecular weight excluding hydrogens is 246 g/mol. The zero-order valence-corrected chi connectivity index (χ0v) is 12.2. The highest BCUT2D eigenvalue weighted by molar-refractivity contribution is 6.00. The molecule has 0 saturated heterocycles. The number of rotatable bonds is 3. The molecule has 1 heterocycles. The molecule has 3 nitrogen and oxygen atoms in total. The van der Waals surface area contributed by atoms with E-state index in [0.717, 1.165) is 28.9 Å². The van der Waals surface area contributed by atoms with Gasteiger partial charge in [0.25, 0.3) is 0 Å². The molecule has 1 aliphatic carbocycles. The Balaban J connectivity index is 1.87. The average molecular weight is 269 g/mol. The van der Waals surface area contributed by atoms with Crippen molar-refractivity contribution in [2.75, 3.05) is 24.2 Å². The predicted molar refractivity (Wildman–Crippen MR) is 86.0 cm³/mol. The Kier molecular flexibility index (Phi) is 3.77. The maximum absolute atomic E-state index is 6.06. The minimum atomic E-state index is 0.831. The normalized spacial score (nSPS) is 16.4. The van der Waals surface area contributed by atoms with Crippen molar-refractivity contribution in [2.24, 2.45) is 5.92 Å². The fourth-order valence-corrected chi connectivity index (χ4v) is 3.39. The van der Waals surface area contributed by atoms with Crippen LogP contribution in [0.4, 0.5) is 11.4 Å². The zero-order valence-electron chi connectivity index (χ0n) is 12.2. The van der Waals surface area contributed by atoms with E-state index in [-0.39, 0.29) is 0 Å². The molecule has 1 saturated carbocycles. The Bertz CT molecular complexity index is 588. The number of anilines is 2. The SMILES string of the molecule is CN(CC1CCCCC1)c1ccc(N)c2ccncc12. The van der Waals surface area contributed by atoms with Crippen molar-refractivity contribution < 1.29 is 0 Å². The first-order valence-electron chi connectivity index (χ1n) is 7.59. The van der Waals surface area contributed by atoms with Crippen molar-refractivity contribution in [1.29, 1.82) is 0 Å². The Labute approximate surface area is 120 Å². The van der Waals surface area contributed by atoms with Crippen LogP contribution in [0, 0.1) is 5.92 Å². The van der Waals surface area contributed by atoms with E-state index in [9.17, 15) is 0 Å². The molecule has 1 aliphatic rings. The van der Waals surface area contributed by atoms with Crippen molar-refractivity contribution in [1.82, 2.24) is 4.98 Å². The van der Waals surface area contributed by atoms with Gasteiger partial charge in [-0.3, -0.25) is 4.98 Å². The second kappa shape index (κ2) is 5.70. The molecule has 0 radical (unpaired) electrons. The van der Waals surface area contributed by atoms with E-state index in [4.69, 9.17) is 5.73 Å². The van der Waals surface area contributed by atoms with Crippen LogP contribution in [0.15, 0.2) is 30.6 Å². The van der Waals surface area contributed by atoms with Crippen LogP contribution in [0.3, 0.4) is 0 Å². The van der Waals surface area contributed by atoms with Gasteiger partial charge in [-0.2, -0.15) is 0 Å². The molecule has 3 heteroatoms. The van der Waals surface area contributed by atoms with Gasteiger partial charge in [-0.15, -0.1) is 0 Å². The number of nitrogen functional groups attached to an aromatic ring is 1. The molecule has 0 aliphatic heterocycles. The van der Waals surface area contributed by atoms with Gasteiger partial charge in [0.2, 0.25) is 0 Å². The number of hydrogen-bond donors (Lipinski definition) is 1. The number of benzene rings is 1. The summed E-state index contributed by atoms with van der Waals surface area (Å²) in [4.78, 5) is 6.64. The first-order valence-corrected chi connectivity index (χ1v) is 7.59. The lowest BCUT2D eigenvalue weighted by Gasteiger charge is -2.29. The summed E-state index contributed by atoms with van der Waals surface area (Å²) in [5.41, 5.74) is 8.14. The highest BCUT2D eigenvalue weighted by Crippen LogP contribution is 2.31. The third-order valence-electron chi connectivity index (χ3n) is 4.50. The summed E-state index contributed by atoms with van der Waals surface area (Å²) in [6.07, 6.45) is 10.7. The summed E-state index contributed by atoms with van der Waals surface area (Å²) in [7, 11) is 2.19. The molecule has 1 aromatic heterocycles. The number of pyridine rings is 1. The third-order valence-corrected chi connectivity index (χ3v) is 4.50. The van der Waals surface area contributed by atoms with Crippen molar-refractivity contribution in [3.05, 3.63) is 30.6 Å². The van der Waals surface area contributed by atoms with Gasteiger partial charge < -0.3 is 10.6 Å². The highest BCUT2D eigenvalue weighted by atomic mass is 15.1. The zero-order chi connectivity index (χ0) is 13.9. The number of hydrogen-bond acceptors (Lipinski definition) is 3. The molecule has 3 rings (SSSR count). The van der Waals surface area contributed by atoms with E-state index in [0.29, 0.717) is 0 Å². The largest absolute Gasteiger partial charge is 0.398 e. The molecule has 2 aromatic rings. The maximum atomic E-state index is 6.06. The number of nitrogens with two attached hydrogens (primary N) is 1. The molecule has 0 atom stereocenters. The fourth-order valence-electron chi connectivity index (χ4n) is 3.39. The Morgan fingerprint density at radius 2 is 1.95 bits per heavy atom. The first-order chi connectivity index (χ1) is 9.75. The molecule has 106 valence electrons. The molecule has 1 fully saturated rings. The number of nitrogens with zero attached hydrogens (tertiary/aromatic N) is 2. The van der Waals surface area contributed by atoms with Gasteiger partial charge in [0, 0.05) is 48.1 Å². The molecule has 0 bridgehead atoms. The van der Waals surface area contributed by atoms with Crippen LogP contribution in [-0.2, 0) is 0 Å². The molecule has 20 heavy (non-hydrogen) atoms. The molecule has 0 spiro atoms. The van der Waals surface area contributed by atoms with Crippen LogP contribution in [0.25, 0.3) is 10.8 Å². The molecular formula is C17H23N3. The molecule has 2 N–H and O–H groups in total. The van der Waals surface area contributed by atoms with Crippen LogP contribution in [0.1, 0.15) is 32.1 Å². The maximum Gasteiger partial charge on any atom is 0.0460 e. The quantitative estimate of drug-likeness (QED) is 0.861. The van der Waals surface area contributed by atoms with E-state index in [2.05, 4.69) is 23.0 Å². The number of aromatic nitrogens is 1. The summed E-state index contributed by atoms with van der Waals surface area (Å²) >= 11 is 0. The van der Waals surface area contributed by atoms with Gasteiger partial charge in [-0.1, -0.05) is 19.3 Å². The van der Waals surface area contributed by atoms with Crippen LogP contribution in [0.5, 0.6) is 0 Å². The summed E-state index contributed by atoms with van der Waals surface area (Å²) in [5.74, 6) is 0.832. The van der Waals surface area contributed by atoms with Gasteiger partial charge in [0.15, 0.2) is 0 Å². The molecule has 0 amide bonds. The summed E-state index contributed by atoms with van der Waals surface area (Å²) in [5, 5.41) is 2.26. The van der Waals surface area contributed by atoms with Gasteiger partial charge in [0.05, 0.1) is 0 Å². The lowest BCUT2D eigenvalue weighted by Crippen LogP contribution is -2.27. The van der Waals surface area contributed by atoms with E-state index >= 15 is 0 Å². The second-order valence-electron chi connectivity index (χ2n) is 5.98. The monoisotopic (exact) mass is 269 g/mol. The van der Waals surface area contributed by atoms with Crippen LogP contribution < -0.4 is 10.6 Å². The van der Waals surface area contributed by atoms with Crippen molar-refractivity contribution >= 4 is 22.1 Å². The smallest absolute Gasteiger partial charge is 0.0460 e. The summed E-state index contributed by atoms with van der Waals surface area (Å²) in [6.45, 7) is 1.13.